The van der Waals surface area contributed by atoms with Gasteiger partial charge in [-0.05, 0) is 59.9 Å². The zero-order valence-electron chi connectivity index (χ0n) is 12.9. The summed E-state index contributed by atoms with van der Waals surface area (Å²) in [6.07, 6.45) is 1.44. The third-order valence-electron chi connectivity index (χ3n) is 3.40. The van der Waals surface area contributed by atoms with Crippen LogP contribution in [0.1, 0.15) is 5.56 Å². The number of thioether (sulfide) groups is 1. The van der Waals surface area contributed by atoms with E-state index in [0.717, 1.165) is 4.90 Å². The molecule has 0 unspecified atom stereocenters. The minimum absolute atomic E-state index is 0.0234. The highest BCUT2D eigenvalue weighted by molar-refractivity contribution is 8.00. The van der Waals surface area contributed by atoms with Crippen molar-refractivity contribution in [1.29, 1.82) is 0 Å². The van der Waals surface area contributed by atoms with Gasteiger partial charge in [0.25, 0.3) is 5.91 Å². The molecule has 1 amide bonds. The molecule has 1 aliphatic rings. The number of amides is 1. The van der Waals surface area contributed by atoms with E-state index in [9.17, 15) is 22.4 Å². The second-order valence-corrected chi connectivity index (χ2v) is 6.72. The highest BCUT2D eigenvalue weighted by atomic mass is 32.2. The van der Waals surface area contributed by atoms with Gasteiger partial charge in [0.05, 0.1) is 5.69 Å². The zero-order chi connectivity index (χ0) is 18.9. The summed E-state index contributed by atoms with van der Waals surface area (Å²) in [7, 11) is 0. The summed E-state index contributed by atoms with van der Waals surface area (Å²) in [6, 6.07) is 11.2. The Hall–Kier alpha value is -2.39. The molecule has 1 aliphatic heterocycles. The third-order valence-corrected chi connectivity index (χ3v) is 4.42. The number of hydrogen-bond acceptors (Lipinski definition) is 3. The number of alkyl halides is 3. The number of anilines is 1. The summed E-state index contributed by atoms with van der Waals surface area (Å²) in [4.78, 5) is 13.6. The van der Waals surface area contributed by atoms with Crippen molar-refractivity contribution < 1.29 is 22.4 Å². The Balaban J connectivity index is 1.83. The Bertz CT molecular complexity index is 894. The molecule has 2 aromatic rings. The van der Waals surface area contributed by atoms with Gasteiger partial charge >= 0.3 is 5.51 Å². The lowest BCUT2D eigenvalue weighted by atomic mass is 10.2. The van der Waals surface area contributed by atoms with Crippen LogP contribution in [0, 0.1) is 5.82 Å². The van der Waals surface area contributed by atoms with Crippen LogP contribution in [-0.4, -0.2) is 16.5 Å². The highest BCUT2D eigenvalue weighted by Crippen LogP contribution is 2.36. The molecule has 3 nitrogen and oxygen atoms in total. The van der Waals surface area contributed by atoms with Gasteiger partial charge in [0, 0.05) is 4.90 Å². The van der Waals surface area contributed by atoms with Crippen molar-refractivity contribution in [2.45, 2.75) is 10.4 Å². The first-order chi connectivity index (χ1) is 12.2. The molecule has 0 saturated carbocycles. The molecule has 0 radical (unpaired) electrons. The van der Waals surface area contributed by atoms with Crippen LogP contribution < -0.4 is 10.2 Å². The van der Waals surface area contributed by atoms with Gasteiger partial charge in [-0.2, -0.15) is 13.2 Å². The van der Waals surface area contributed by atoms with E-state index in [1.807, 2.05) is 0 Å². The van der Waals surface area contributed by atoms with Gasteiger partial charge < -0.3 is 5.32 Å². The first kappa shape index (κ1) is 18.4. The van der Waals surface area contributed by atoms with E-state index in [1.165, 1.54) is 48.5 Å². The monoisotopic (exact) mass is 398 g/mol. The van der Waals surface area contributed by atoms with Crippen LogP contribution in [0.2, 0.25) is 0 Å². The van der Waals surface area contributed by atoms with Crippen molar-refractivity contribution in [1.82, 2.24) is 5.32 Å². The van der Waals surface area contributed by atoms with Gasteiger partial charge in [0.2, 0.25) is 0 Å². The van der Waals surface area contributed by atoms with Gasteiger partial charge in [-0.25, -0.2) is 9.29 Å². The van der Waals surface area contributed by atoms with Crippen molar-refractivity contribution in [3.63, 3.8) is 0 Å². The first-order valence-corrected chi connectivity index (χ1v) is 8.44. The topological polar surface area (TPSA) is 32.3 Å². The smallest absolute Gasteiger partial charge is 0.327 e. The Morgan fingerprint density at radius 3 is 2.35 bits per heavy atom. The van der Waals surface area contributed by atoms with Crippen LogP contribution in [0.4, 0.5) is 23.2 Å². The van der Waals surface area contributed by atoms with E-state index < -0.39 is 17.2 Å². The summed E-state index contributed by atoms with van der Waals surface area (Å²) in [5.41, 5.74) is -3.73. The number of para-hydroxylation sites is 1. The fraction of sp³-hybridized carbons (Fsp3) is 0.0588. The standard InChI is InChI=1S/C17H10F4N2OS2/c18-12-3-1-2-4-14(12)23-15(24)13(22-16(23)25)9-10-5-7-11(8-6-10)26-17(19,20)21/h1-9H,(H,22,25)/b13-9+. The van der Waals surface area contributed by atoms with Gasteiger partial charge in [0.15, 0.2) is 5.11 Å². The highest BCUT2D eigenvalue weighted by Gasteiger charge is 2.33. The fourth-order valence-corrected chi connectivity index (χ4v) is 3.15. The molecule has 1 fully saturated rings. The molecular weight excluding hydrogens is 388 g/mol. The summed E-state index contributed by atoms with van der Waals surface area (Å²) in [5.74, 6) is -1.14. The Morgan fingerprint density at radius 2 is 1.73 bits per heavy atom. The number of halogens is 4. The van der Waals surface area contributed by atoms with Crippen LogP contribution in [0.25, 0.3) is 6.08 Å². The average Bonchev–Trinajstić information content (AvgIpc) is 2.83. The second kappa shape index (κ2) is 7.08. The number of hydrogen-bond donors (Lipinski definition) is 1. The minimum Gasteiger partial charge on any atom is -0.327 e. The molecule has 134 valence electrons. The summed E-state index contributed by atoms with van der Waals surface area (Å²) < 4.78 is 51.0. The molecule has 1 heterocycles. The number of carbonyl (C=O) groups excluding carboxylic acids is 1. The molecule has 2 aromatic carbocycles. The molecule has 1 N–H and O–H groups in total. The first-order valence-electron chi connectivity index (χ1n) is 7.22. The molecular formula is C17H10F4N2OS2. The van der Waals surface area contributed by atoms with Crippen LogP contribution >= 0.6 is 24.0 Å². The maximum Gasteiger partial charge on any atom is 0.446 e. The zero-order valence-corrected chi connectivity index (χ0v) is 14.5. The lowest BCUT2D eigenvalue weighted by Gasteiger charge is -2.14. The van der Waals surface area contributed by atoms with Crippen LogP contribution in [0.5, 0.6) is 0 Å². The second-order valence-electron chi connectivity index (χ2n) is 5.20. The maximum absolute atomic E-state index is 13.9. The molecule has 9 heteroatoms. The SMILES string of the molecule is O=C1/C(=C\c2ccc(SC(F)(F)F)cc2)NC(=S)N1c1ccccc1F. The average molecular weight is 398 g/mol. The molecule has 0 bridgehead atoms. The Morgan fingerprint density at radius 1 is 1.08 bits per heavy atom. The summed E-state index contributed by atoms with van der Waals surface area (Å²) in [6.45, 7) is 0. The van der Waals surface area contributed by atoms with Gasteiger partial charge in [-0.3, -0.25) is 4.79 Å². The van der Waals surface area contributed by atoms with Crippen molar-refractivity contribution in [3.05, 3.63) is 65.6 Å². The largest absolute Gasteiger partial charge is 0.446 e. The quantitative estimate of drug-likeness (QED) is 0.352. The van der Waals surface area contributed by atoms with E-state index >= 15 is 0 Å². The van der Waals surface area contributed by atoms with E-state index in [-0.39, 0.29) is 33.2 Å². The van der Waals surface area contributed by atoms with E-state index in [4.69, 9.17) is 12.2 Å². The lowest BCUT2D eigenvalue weighted by molar-refractivity contribution is -0.113. The number of rotatable bonds is 3. The molecule has 0 aromatic heterocycles. The molecule has 26 heavy (non-hydrogen) atoms. The normalized spacial score (nSPS) is 16.3. The van der Waals surface area contributed by atoms with Crippen molar-refractivity contribution >= 4 is 46.8 Å². The van der Waals surface area contributed by atoms with E-state index in [0.29, 0.717) is 5.56 Å². The van der Waals surface area contributed by atoms with Crippen LogP contribution in [0.3, 0.4) is 0 Å². The number of carbonyl (C=O) groups is 1. The molecule has 0 spiro atoms. The Kier molecular flexibility index (Phi) is 5.01. The van der Waals surface area contributed by atoms with Crippen molar-refractivity contribution in [2.24, 2.45) is 0 Å². The van der Waals surface area contributed by atoms with E-state index in [1.54, 1.807) is 6.07 Å². The van der Waals surface area contributed by atoms with Crippen molar-refractivity contribution in [3.8, 4) is 0 Å². The van der Waals surface area contributed by atoms with Crippen LogP contribution in [-0.2, 0) is 4.79 Å². The predicted molar refractivity (Wildman–Crippen MR) is 96.0 cm³/mol. The summed E-state index contributed by atoms with van der Waals surface area (Å²) in [5, 5.41) is 2.72. The van der Waals surface area contributed by atoms with Gasteiger partial charge in [-0.15, -0.1) is 0 Å². The third kappa shape index (κ3) is 4.05. The number of thiocarbonyl (C=S) groups is 1. The summed E-state index contributed by atoms with van der Waals surface area (Å²) >= 11 is 4.87. The fourth-order valence-electron chi connectivity index (χ4n) is 2.32. The molecule has 0 atom stereocenters. The van der Waals surface area contributed by atoms with Gasteiger partial charge in [0.1, 0.15) is 11.5 Å². The maximum atomic E-state index is 13.9. The van der Waals surface area contributed by atoms with Crippen molar-refractivity contribution in [2.75, 3.05) is 4.90 Å². The number of benzene rings is 2. The Labute approximate surface area is 155 Å². The molecule has 0 aliphatic carbocycles. The molecule has 3 rings (SSSR count). The van der Waals surface area contributed by atoms with Gasteiger partial charge in [-0.1, -0.05) is 24.3 Å². The van der Waals surface area contributed by atoms with E-state index in [2.05, 4.69) is 5.32 Å². The predicted octanol–water partition coefficient (Wildman–Crippen LogP) is 4.70. The number of nitrogens with zero attached hydrogens (tertiary/aromatic N) is 1. The lowest BCUT2D eigenvalue weighted by Crippen LogP contribution is -2.31. The number of nitrogens with one attached hydrogen (secondary N) is 1. The van der Waals surface area contributed by atoms with Crippen LogP contribution in [0.15, 0.2) is 59.1 Å². The molecule has 1 saturated heterocycles. The minimum atomic E-state index is -4.37.